The molecule has 0 aromatic heterocycles. The van der Waals surface area contributed by atoms with Crippen molar-refractivity contribution in [2.75, 3.05) is 26.4 Å². The summed E-state index contributed by atoms with van der Waals surface area (Å²) in [4.78, 5) is 4.68. The average Bonchev–Trinajstić information content (AvgIpc) is 2.73. The van der Waals surface area contributed by atoms with Gasteiger partial charge in [-0.2, -0.15) is 8.42 Å². The maximum atomic E-state index is 9.56. The molecule has 0 radical (unpaired) electrons. The van der Waals surface area contributed by atoms with Gasteiger partial charge in [0.2, 0.25) is 0 Å². The van der Waals surface area contributed by atoms with E-state index < -0.39 is 10.4 Å². The molecule has 0 saturated carbocycles. The third-order valence-electron chi connectivity index (χ3n) is 2.32. The van der Waals surface area contributed by atoms with E-state index in [2.05, 4.69) is 40.2 Å². The summed E-state index contributed by atoms with van der Waals surface area (Å²) < 4.78 is 30.7. The molecule has 1 aliphatic rings. The second-order valence-corrected chi connectivity index (χ2v) is 4.94. The molecule has 0 atom stereocenters. The minimum Gasteiger partial charge on any atom is -0.359 e. The van der Waals surface area contributed by atoms with Crippen LogP contribution in [0.1, 0.15) is 33.6 Å². The highest BCUT2D eigenvalue weighted by molar-refractivity contribution is 7.80. The van der Waals surface area contributed by atoms with E-state index in [0.717, 1.165) is 13.2 Å². The molecule has 1 aliphatic heterocycles. The van der Waals surface area contributed by atoms with Gasteiger partial charge in [-0.1, -0.05) is 13.3 Å². The fourth-order valence-corrected chi connectivity index (χ4v) is 1.67. The highest BCUT2D eigenvalue weighted by atomic mass is 32.3. The van der Waals surface area contributed by atoms with E-state index in [1.54, 1.807) is 0 Å². The van der Waals surface area contributed by atoms with E-state index in [-0.39, 0.29) is 6.61 Å². The highest BCUT2D eigenvalue weighted by Gasteiger charge is 2.08. The molecular weight excluding hydrogens is 256 g/mol. The molecule has 0 fully saturated rings. The molecule has 0 unspecified atom stereocenters. The zero-order chi connectivity index (χ0) is 14.0. The lowest BCUT2D eigenvalue weighted by atomic mass is 10.3. The first-order chi connectivity index (χ1) is 8.42. The summed E-state index contributed by atoms with van der Waals surface area (Å²) in [5.41, 5.74) is 0. The second kappa shape index (κ2) is 9.18. The van der Waals surface area contributed by atoms with Gasteiger partial charge in [-0.3, -0.25) is 4.55 Å². The minimum absolute atomic E-state index is 0.0289. The lowest BCUT2D eigenvalue weighted by Gasteiger charge is -2.19. The molecule has 7 heteroatoms. The van der Waals surface area contributed by atoms with E-state index in [4.69, 9.17) is 4.55 Å². The summed E-state index contributed by atoms with van der Waals surface area (Å²) in [5.74, 6) is 0. The van der Waals surface area contributed by atoms with Gasteiger partial charge in [0.05, 0.1) is 13.3 Å². The third-order valence-corrected chi connectivity index (χ3v) is 2.86. The normalized spacial score (nSPS) is 14.7. The van der Waals surface area contributed by atoms with Crippen LogP contribution in [0.25, 0.3) is 0 Å². The first kappa shape index (κ1) is 17.2. The van der Waals surface area contributed by atoms with Gasteiger partial charge in [0.15, 0.2) is 0 Å². The van der Waals surface area contributed by atoms with Gasteiger partial charge in [0, 0.05) is 25.5 Å². The summed E-state index contributed by atoms with van der Waals surface area (Å²) in [7, 11) is -4.17. The Balaban J connectivity index is 0.000000360. The number of hydrogen-bond acceptors (Lipinski definition) is 5. The van der Waals surface area contributed by atoms with Gasteiger partial charge >= 0.3 is 10.4 Å². The third kappa shape index (κ3) is 9.26. The van der Waals surface area contributed by atoms with Crippen LogP contribution in [0, 0.1) is 0 Å². The fraction of sp³-hybridized carbons (Fsp3) is 0.818. The predicted octanol–water partition coefficient (Wildman–Crippen LogP) is 1.68. The Labute approximate surface area is 110 Å². The maximum Gasteiger partial charge on any atom is 0.397 e. The van der Waals surface area contributed by atoms with Crippen molar-refractivity contribution in [2.24, 2.45) is 0 Å². The highest BCUT2D eigenvalue weighted by Crippen LogP contribution is 2.06. The van der Waals surface area contributed by atoms with Gasteiger partial charge in [-0.05, 0) is 20.3 Å². The molecular formula is C11H24N2O4S. The first-order valence-corrected chi connectivity index (χ1v) is 7.57. The molecule has 0 spiro atoms. The number of rotatable bonds is 6. The molecule has 6 nitrogen and oxygen atoms in total. The van der Waals surface area contributed by atoms with E-state index >= 15 is 0 Å². The topological polar surface area (TPSA) is 70.1 Å². The molecule has 0 bridgehead atoms. The monoisotopic (exact) mass is 280 g/mol. The van der Waals surface area contributed by atoms with Gasteiger partial charge in [-0.15, -0.1) is 0 Å². The van der Waals surface area contributed by atoms with Gasteiger partial charge in [0.25, 0.3) is 0 Å². The van der Waals surface area contributed by atoms with E-state index in [1.807, 2.05) is 0 Å². The van der Waals surface area contributed by atoms with E-state index in [9.17, 15) is 8.42 Å². The lowest BCUT2D eigenvalue weighted by molar-refractivity contribution is 0.270. The number of nitrogens with zero attached hydrogens (tertiary/aromatic N) is 2. The van der Waals surface area contributed by atoms with Crippen LogP contribution in [0.5, 0.6) is 0 Å². The largest absolute Gasteiger partial charge is 0.397 e. The molecule has 1 rings (SSSR count). The van der Waals surface area contributed by atoms with Gasteiger partial charge < -0.3 is 9.80 Å². The zero-order valence-corrected chi connectivity index (χ0v) is 12.2. The van der Waals surface area contributed by atoms with E-state index in [1.165, 1.54) is 26.3 Å². The van der Waals surface area contributed by atoms with Crippen LogP contribution in [-0.4, -0.2) is 49.1 Å². The van der Waals surface area contributed by atoms with Crippen LogP contribution >= 0.6 is 0 Å². The Morgan fingerprint density at radius 2 is 1.83 bits per heavy atom. The molecule has 1 heterocycles. The fourth-order valence-electron chi connectivity index (χ4n) is 1.38. The Morgan fingerprint density at radius 3 is 2.17 bits per heavy atom. The van der Waals surface area contributed by atoms with Crippen molar-refractivity contribution in [1.29, 1.82) is 0 Å². The molecule has 0 amide bonds. The second-order valence-electron chi connectivity index (χ2n) is 3.84. The van der Waals surface area contributed by atoms with Crippen molar-refractivity contribution in [2.45, 2.75) is 33.6 Å². The molecule has 0 aromatic carbocycles. The van der Waals surface area contributed by atoms with Crippen molar-refractivity contribution in [3.63, 3.8) is 0 Å². The summed E-state index contributed by atoms with van der Waals surface area (Å²) in [6, 6.07) is 0. The lowest BCUT2D eigenvalue weighted by Crippen LogP contribution is -2.25. The molecule has 0 aliphatic carbocycles. The number of hydrogen-bond donors (Lipinski definition) is 1. The van der Waals surface area contributed by atoms with Crippen molar-refractivity contribution >= 4 is 10.4 Å². The summed E-state index contributed by atoms with van der Waals surface area (Å²) in [6.45, 7) is 9.29. The Bertz CT molecular complexity index is 330. The molecule has 0 saturated heterocycles. The van der Waals surface area contributed by atoms with Crippen molar-refractivity contribution in [1.82, 2.24) is 9.80 Å². The van der Waals surface area contributed by atoms with Crippen LogP contribution in [0.3, 0.4) is 0 Å². The van der Waals surface area contributed by atoms with Crippen LogP contribution in [0.4, 0.5) is 0 Å². The van der Waals surface area contributed by atoms with E-state index in [0.29, 0.717) is 0 Å². The zero-order valence-electron chi connectivity index (χ0n) is 11.4. The van der Waals surface area contributed by atoms with Crippen molar-refractivity contribution < 1.29 is 17.2 Å². The molecule has 18 heavy (non-hydrogen) atoms. The quantitative estimate of drug-likeness (QED) is 0.746. The predicted molar refractivity (Wildman–Crippen MR) is 71.2 cm³/mol. The van der Waals surface area contributed by atoms with Crippen LogP contribution in [0.2, 0.25) is 0 Å². The van der Waals surface area contributed by atoms with Gasteiger partial charge in [0.1, 0.15) is 0 Å². The summed E-state index contributed by atoms with van der Waals surface area (Å²) >= 11 is 0. The Hall–Kier alpha value is -0.790. The van der Waals surface area contributed by atoms with Crippen molar-refractivity contribution in [3.05, 3.63) is 12.4 Å². The Kier molecular flexibility index (Phi) is 8.78. The number of unbranched alkanes of at least 4 members (excludes halogenated alkanes) is 1. The molecule has 0 aromatic rings. The van der Waals surface area contributed by atoms with Gasteiger partial charge in [-0.25, -0.2) is 4.18 Å². The smallest absolute Gasteiger partial charge is 0.359 e. The van der Waals surface area contributed by atoms with Crippen LogP contribution in [-0.2, 0) is 14.6 Å². The molecule has 108 valence electrons. The van der Waals surface area contributed by atoms with Crippen LogP contribution in [0.15, 0.2) is 12.4 Å². The first-order valence-electron chi connectivity index (χ1n) is 6.21. The molecule has 1 N–H and O–H groups in total. The van der Waals surface area contributed by atoms with Crippen LogP contribution < -0.4 is 0 Å². The minimum atomic E-state index is -4.17. The Morgan fingerprint density at radius 1 is 1.22 bits per heavy atom. The van der Waals surface area contributed by atoms with Crippen molar-refractivity contribution in [3.8, 4) is 0 Å². The average molecular weight is 280 g/mol. The SMILES string of the molecule is CCCCN1C=CN(CC)C1.CCOS(=O)(=O)O. The summed E-state index contributed by atoms with van der Waals surface area (Å²) in [5, 5.41) is 0. The maximum absolute atomic E-state index is 9.56. The summed E-state index contributed by atoms with van der Waals surface area (Å²) in [6.07, 6.45) is 6.97. The standard InChI is InChI=1S/C9H18N2.C2H6O4S/c1-3-5-6-11-8-7-10(4-2)9-11;1-2-6-7(3,4)5/h7-8H,3-6,9H2,1-2H3;2H2,1H3,(H,3,4,5).